The van der Waals surface area contributed by atoms with Crippen LogP contribution < -0.4 is 5.32 Å². The van der Waals surface area contributed by atoms with Crippen LogP contribution in [0.1, 0.15) is 0 Å². The Kier molecular flexibility index (Phi) is 4.43. The van der Waals surface area contributed by atoms with Crippen molar-refractivity contribution in [2.75, 3.05) is 0 Å². The molecule has 0 rings (SSSR count). The highest BCUT2D eigenvalue weighted by molar-refractivity contribution is 6.70. The maximum Gasteiger partial charge on any atom is 0.471 e. The molecule has 1 unspecified atom stereocenters. The van der Waals surface area contributed by atoms with Crippen molar-refractivity contribution in [3.8, 4) is 0 Å². The SMILES string of the molecule is O=C(NC(Cl)C(Cl)(Cl)Cl)C(F)(F)F. The van der Waals surface area contributed by atoms with Crippen molar-refractivity contribution in [1.29, 1.82) is 0 Å². The summed E-state index contributed by atoms with van der Waals surface area (Å²) >= 11 is 20.4. The fraction of sp³-hybridized carbons (Fsp3) is 0.750. The fourth-order valence-electron chi connectivity index (χ4n) is 0.279. The second kappa shape index (κ2) is 4.29. The molecular weight excluding hydrogens is 277 g/mol. The minimum atomic E-state index is -5.05. The summed E-state index contributed by atoms with van der Waals surface area (Å²) in [5.41, 5.74) is -1.74. The number of amides is 1. The molecule has 0 aliphatic carbocycles. The third-order valence-corrected chi connectivity index (χ3v) is 2.23. The van der Waals surface area contributed by atoms with Gasteiger partial charge in [0.1, 0.15) is 0 Å². The molecule has 0 bridgehead atoms. The summed E-state index contributed by atoms with van der Waals surface area (Å²) in [6, 6.07) is 0. The van der Waals surface area contributed by atoms with Crippen LogP contribution in [0.3, 0.4) is 0 Å². The molecular formula is C4H2Cl4F3NO. The molecule has 2 nitrogen and oxygen atoms in total. The molecule has 0 radical (unpaired) electrons. The zero-order chi connectivity index (χ0) is 10.9. The number of rotatable bonds is 1. The average Bonchev–Trinajstić information content (AvgIpc) is 1.82. The first-order valence-electron chi connectivity index (χ1n) is 2.63. The number of carbonyl (C=O) groups excluding carboxylic acids is 1. The van der Waals surface area contributed by atoms with Gasteiger partial charge in [-0.05, 0) is 0 Å². The fourth-order valence-corrected chi connectivity index (χ4v) is 0.542. The van der Waals surface area contributed by atoms with Crippen molar-refractivity contribution in [1.82, 2.24) is 5.32 Å². The molecule has 0 aliphatic rings. The number of nitrogens with one attached hydrogen (secondary N) is 1. The Morgan fingerprint density at radius 2 is 1.62 bits per heavy atom. The highest BCUT2D eigenvalue weighted by Gasteiger charge is 2.42. The van der Waals surface area contributed by atoms with Gasteiger partial charge >= 0.3 is 12.1 Å². The van der Waals surface area contributed by atoms with Crippen LogP contribution >= 0.6 is 46.4 Å². The summed E-state index contributed by atoms with van der Waals surface area (Å²) < 4.78 is 32.6. The Balaban J connectivity index is 4.24. The van der Waals surface area contributed by atoms with Crippen LogP contribution in [0.25, 0.3) is 0 Å². The van der Waals surface area contributed by atoms with E-state index >= 15 is 0 Å². The molecule has 13 heavy (non-hydrogen) atoms. The van der Waals surface area contributed by atoms with Gasteiger partial charge in [-0.15, -0.1) is 0 Å². The van der Waals surface area contributed by atoms with Crippen molar-refractivity contribution < 1.29 is 18.0 Å². The summed E-state index contributed by atoms with van der Waals surface area (Å²) in [4.78, 5) is 10.2. The first-order chi connectivity index (χ1) is 5.55. The number of alkyl halides is 7. The summed E-state index contributed by atoms with van der Waals surface area (Å²) in [5, 5.41) is 1.27. The molecule has 1 N–H and O–H groups in total. The van der Waals surface area contributed by atoms with Gasteiger partial charge in [0.25, 0.3) is 0 Å². The molecule has 0 fully saturated rings. The van der Waals surface area contributed by atoms with E-state index in [-0.39, 0.29) is 0 Å². The second-order valence-electron chi connectivity index (χ2n) is 1.88. The van der Waals surface area contributed by atoms with Crippen molar-refractivity contribution in [3.63, 3.8) is 0 Å². The summed E-state index contributed by atoms with van der Waals surface area (Å²) in [7, 11) is 0. The summed E-state index contributed by atoms with van der Waals surface area (Å²) in [6.45, 7) is 0. The van der Waals surface area contributed by atoms with Crippen LogP contribution in [0.4, 0.5) is 13.2 Å². The van der Waals surface area contributed by atoms with Gasteiger partial charge in [0.05, 0.1) is 0 Å². The molecule has 1 atom stereocenters. The van der Waals surface area contributed by atoms with E-state index in [1.54, 1.807) is 0 Å². The lowest BCUT2D eigenvalue weighted by atomic mass is 10.5. The lowest BCUT2D eigenvalue weighted by Crippen LogP contribution is -2.45. The molecule has 1 amide bonds. The van der Waals surface area contributed by atoms with Crippen molar-refractivity contribution in [2.24, 2.45) is 0 Å². The van der Waals surface area contributed by atoms with Gasteiger partial charge in [-0.25, -0.2) is 0 Å². The Bertz CT molecular complexity index is 201. The van der Waals surface area contributed by atoms with Crippen molar-refractivity contribution >= 4 is 52.3 Å². The van der Waals surface area contributed by atoms with Crippen molar-refractivity contribution in [2.45, 2.75) is 15.5 Å². The van der Waals surface area contributed by atoms with E-state index in [0.717, 1.165) is 0 Å². The third-order valence-electron chi connectivity index (χ3n) is 0.803. The monoisotopic (exact) mass is 277 g/mol. The topological polar surface area (TPSA) is 29.1 Å². The Labute approximate surface area is 91.3 Å². The van der Waals surface area contributed by atoms with Crippen molar-refractivity contribution in [3.05, 3.63) is 0 Å². The predicted molar refractivity (Wildman–Crippen MR) is 44.1 cm³/mol. The molecule has 0 heterocycles. The lowest BCUT2D eigenvalue weighted by molar-refractivity contribution is -0.173. The molecule has 78 valence electrons. The zero-order valence-corrected chi connectivity index (χ0v) is 8.66. The molecule has 0 aromatic rings. The lowest BCUT2D eigenvalue weighted by Gasteiger charge is -2.19. The number of halogens is 7. The molecule has 0 saturated heterocycles. The Morgan fingerprint density at radius 3 is 1.85 bits per heavy atom. The number of carbonyl (C=O) groups is 1. The van der Waals surface area contributed by atoms with Gasteiger partial charge in [-0.2, -0.15) is 13.2 Å². The maximum atomic E-state index is 11.6. The second-order valence-corrected chi connectivity index (χ2v) is 4.68. The van der Waals surface area contributed by atoms with E-state index in [9.17, 15) is 18.0 Å². The van der Waals surface area contributed by atoms with Gasteiger partial charge in [-0.3, -0.25) is 4.79 Å². The molecule has 0 aromatic heterocycles. The average molecular weight is 279 g/mol. The third kappa shape index (κ3) is 5.00. The Hall–Kier alpha value is 0.420. The molecule has 0 aromatic carbocycles. The number of hydrogen-bond donors (Lipinski definition) is 1. The van der Waals surface area contributed by atoms with Crippen LogP contribution in [0.2, 0.25) is 0 Å². The first kappa shape index (κ1) is 13.4. The van der Waals surface area contributed by atoms with Crippen LogP contribution in [0, 0.1) is 0 Å². The maximum absolute atomic E-state index is 11.6. The smallest absolute Gasteiger partial charge is 0.328 e. The van der Waals surface area contributed by atoms with Gasteiger partial charge in [-0.1, -0.05) is 46.4 Å². The van der Waals surface area contributed by atoms with Gasteiger partial charge in [0.15, 0.2) is 5.50 Å². The van der Waals surface area contributed by atoms with E-state index in [1.807, 2.05) is 0 Å². The summed E-state index contributed by atoms with van der Waals surface area (Å²) in [5.74, 6) is -2.26. The first-order valence-corrected chi connectivity index (χ1v) is 4.20. The van der Waals surface area contributed by atoms with E-state index < -0.39 is 21.4 Å². The van der Waals surface area contributed by atoms with E-state index in [4.69, 9.17) is 46.4 Å². The molecule has 9 heteroatoms. The van der Waals surface area contributed by atoms with Gasteiger partial charge in [0.2, 0.25) is 3.79 Å². The Morgan fingerprint density at radius 1 is 1.23 bits per heavy atom. The molecule has 0 saturated carbocycles. The van der Waals surface area contributed by atoms with E-state index in [2.05, 4.69) is 0 Å². The predicted octanol–water partition coefficient (Wildman–Crippen LogP) is 2.60. The minimum absolute atomic E-state index is 1.27. The van der Waals surface area contributed by atoms with Gasteiger partial charge in [0, 0.05) is 0 Å². The highest BCUT2D eigenvalue weighted by Crippen LogP contribution is 2.32. The highest BCUT2D eigenvalue weighted by atomic mass is 35.6. The molecule has 0 aliphatic heterocycles. The summed E-state index contributed by atoms with van der Waals surface area (Å²) in [6.07, 6.45) is -5.05. The van der Waals surface area contributed by atoms with Crippen LogP contribution in [0.5, 0.6) is 0 Å². The van der Waals surface area contributed by atoms with Crippen LogP contribution in [0.15, 0.2) is 0 Å². The van der Waals surface area contributed by atoms with E-state index in [1.165, 1.54) is 5.32 Å². The standard InChI is InChI=1S/C4H2Cl4F3NO/c5-1(3(6,7)8)12-2(13)4(9,10)11/h1H,(H,12,13). The van der Waals surface area contributed by atoms with Crippen LogP contribution in [-0.2, 0) is 4.79 Å². The largest absolute Gasteiger partial charge is 0.471 e. The van der Waals surface area contributed by atoms with Gasteiger partial charge < -0.3 is 5.32 Å². The van der Waals surface area contributed by atoms with E-state index in [0.29, 0.717) is 0 Å². The van der Waals surface area contributed by atoms with Crippen LogP contribution in [-0.4, -0.2) is 21.4 Å². The number of hydrogen-bond acceptors (Lipinski definition) is 1. The quantitative estimate of drug-likeness (QED) is 0.580. The minimum Gasteiger partial charge on any atom is -0.328 e. The zero-order valence-electron chi connectivity index (χ0n) is 5.63. The molecule has 0 spiro atoms. The normalized spacial score (nSPS) is 15.3.